The van der Waals surface area contributed by atoms with Gasteiger partial charge in [0.05, 0.1) is 5.56 Å². The van der Waals surface area contributed by atoms with Gasteiger partial charge in [0.25, 0.3) is 0 Å². The second-order valence-electron chi connectivity index (χ2n) is 3.30. The molecule has 0 unspecified atom stereocenters. The number of nitrogens with zero attached hydrogens (tertiary/aromatic N) is 1. The van der Waals surface area contributed by atoms with E-state index in [0.717, 1.165) is 25.2 Å². The summed E-state index contributed by atoms with van der Waals surface area (Å²) in [4.78, 5) is 0. The lowest BCUT2D eigenvalue weighted by Gasteiger charge is -2.00. The first-order valence-corrected chi connectivity index (χ1v) is 6.22. The van der Waals surface area contributed by atoms with Crippen molar-refractivity contribution in [2.45, 2.75) is 24.9 Å². The van der Waals surface area contributed by atoms with Crippen molar-refractivity contribution in [3.05, 3.63) is 23.1 Å². The molecule has 90 valence electrons. The van der Waals surface area contributed by atoms with E-state index in [1.807, 2.05) is 6.92 Å². The fourth-order valence-corrected chi connectivity index (χ4v) is 1.53. The van der Waals surface area contributed by atoms with Crippen LogP contribution in [-0.4, -0.2) is 30.5 Å². The van der Waals surface area contributed by atoms with Crippen LogP contribution < -0.4 is 0 Å². The molecule has 0 saturated carbocycles. The van der Waals surface area contributed by atoms with Gasteiger partial charge in [-0.1, -0.05) is 13.3 Å². The van der Waals surface area contributed by atoms with Crippen molar-refractivity contribution < 1.29 is 22.1 Å². The molecule has 0 aliphatic heterocycles. The summed E-state index contributed by atoms with van der Waals surface area (Å²) in [5.41, 5.74) is 0.304. The van der Waals surface area contributed by atoms with Crippen molar-refractivity contribution in [1.82, 2.24) is 0 Å². The summed E-state index contributed by atoms with van der Waals surface area (Å²) in [5.74, 6) is 0. The molecule has 0 fully saturated rings. The summed E-state index contributed by atoms with van der Waals surface area (Å²) in [6, 6.07) is 1.09. The third-order valence-electron chi connectivity index (χ3n) is 1.88. The smallest absolute Gasteiger partial charge is 0.328 e. The Morgan fingerprint density at radius 3 is 2.81 bits per heavy atom. The molecule has 0 aliphatic carbocycles. The fourth-order valence-electron chi connectivity index (χ4n) is 1.08. The van der Waals surface area contributed by atoms with Gasteiger partial charge in [-0.15, -0.1) is 0 Å². The van der Waals surface area contributed by atoms with E-state index >= 15 is 0 Å². The maximum Gasteiger partial charge on any atom is 0.328 e. The third kappa shape index (κ3) is 3.67. The summed E-state index contributed by atoms with van der Waals surface area (Å²) in [5, 5.41) is 10.7. The molecule has 1 N–H and O–H groups in total. The van der Waals surface area contributed by atoms with Crippen molar-refractivity contribution in [1.29, 1.82) is 0 Å². The van der Waals surface area contributed by atoms with Gasteiger partial charge in [-0.05, 0) is 0 Å². The number of rotatable bonds is 5. The van der Waals surface area contributed by atoms with Crippen LogP contribution in [0.25, 0.3) is 0 Å². The zero-order valence-corrected chi connectivity index (χ0v) is 9.61. The lowest BCUT2D eigenvalue weighted by Crippen LogP contribution is -2.06. The monoisotopic (exact) mass is 247 g/mol. The molecule has 6 nitrogen and oxygen atoms in total. The Morgan fingerprint density at radius 2 is 2.31 bits per heavy atom. The van der Waals surface area contributed by atoms with E-state index in [0.29, 0.717) is 16.8 Å². The number of hydrogen-bond donors (Lipinski definition) is 1. The van der Waals surface area contributed by atoms with E-state index < -0.39 is 15.2 Å². The average Bonchev–Trinajstić information content (AvgIpc) is 2.62. The molecule has 1 aromatic rings. The van der Waals surface area contributed by atoms with Crippen LogP contribution in [-0.2, 0) is 10.1 Å². The Kier molecular flexibility index (Phi) is 4.08. The lowest BCUT2D eigenvalue weighted by molar-refractivity contribution is -0.452. The standard InChI is InChI=1S/C9H13NO5S/c1-2-3-4-10(11)6-8-5-9(15-7-8)16(12,13)14/h5-7H,2-4H2,1H3,(H,12,13,14). The Labute approximate surface area is 93.5 Å². The van der Waals surface area contributed by atoms with Gasteiger partial charge >= 0.3 is 10.1 Å². The van der Waals surface area contributed by atoms with E-state index in [1.165, 1.54) is 6.21 Å². The highest BCUT2D eigenvalue weighted by Gasteiger charge is 2.15. The predicted octanol–water partition coefficient (Wildman–Crippen LogP) is 1.26. The molecule has 0 saturated heterocycles. The van der Waals surface area contributed by atoms with Gasteiger partial charge in [0.1, 0.15) is 6.26 Å². The van der Waals surface area contributed by atoms with Crippen LogP contribution in [0.4, 0.5) is 0 Å². The van der Waals surface area contributed by atoms with Gasteiger partial charge in [0.15, 0.2) is 12.8 Å². The van der Waals surface area contributed by atoms with Crippen LogP contribution in [0.1, 0.15) is 25.3 Å². The molecular formula is C9H13NO5S. The second kappa shape index (κ2) is 5.13. The SMILES string of the molecule is CCCC[N+]([O-])=Cc1coc(S(=O)(=O)O)c1. The van der Waals surface area contributed by atoms with Crippen LogP contribution in [0.15, 0.2) is 21.8 Å². The van der Waals surface area contributed by atoms with Crippen molar-refractivity contribution in [3.8, 4) is 0 Å². The minimum Gasteiger partial charge on any atom is -0.624 e. The van der Waals surface area contributed by atoms with Crippen LogP contribution in [0.5, 0.6) is 0 Å². The zero-order chi connectivity index (χ0) is 12.2. The number of hydroxylamine groups is 1. The summed E-state index contributed by atoms with van der Waals surface area (Å²) in [6.07, 6.45) is 3.96. The molecule has 1 heterocycles. The molecule has 1 aromatic heterocycles. The fraction of sp³-hybridized carbons (Fsp3) is 0.444. The largest absolute Gasteiger partial charge is 0.624 e. The van der Waals surface area contributed by atoms with Crippen molar-refractivity contribution in [3.63, 3.8) is 0 Å². The molecule has 0 aromatic carbocycles. The highest BCUT2D eigenvalue weighted by molar-refractivity contribution is 7.85. The highest BCUT2D eigenvalue weighted by atomic mass is 32.2. The molecule has 1 rings (SSSR count). The van der Waals surface area contributed by atoms with Crippen LogP contribution in [0.3, 0.4) is 0 Å². The van der Waals surface area contributed by atoms with E-state index in [9.17, 15) is 13.6 Å². The van der Waals surface area contributed by atoms with Gasteiger partial charge < -0.3 is 9.62 Å². The van der Waals surface area contributed by atoms with Crippen molar-refractivity contribution in [2.75, 3.05) is 6.54 Å². The summed E-state index contributed by atoms with van der Waals surface area (Å²) >= 11 is 0. The van der Waals surface area contributed by atoms with E-state index in [4.69, 9.17) is 4.55 Å². The maximum atomic E-state index is 11.2. The molecule has 0 aliphatic rings. The first kappa shape index (κ1) is 12.7. The number of furan rings is 1. The van der Waals surface area contributed by atoms with Gasteiger partial charge in [0.2, 0.25) is 5.09 Å². The molecule has 7 heteroatoms. The molecular weight excluding hydrogens is 234 g/mol. The Morgan fingerprint density at radius 1 is 1.62 bits per heavy atom. The molecule has 0 atom stereocenters. The van der Waals surface area contributed by atoms with Crippen LogP contribution >= 0.6 is 0 Å². The highest BCUT2D eigenvalue weighted by Crippen LogP contribution is 2.11. The second-order valence-corrected chi connectivity index (χ2v) is 4.65. The Bertz CT molecular complexity index is 474. The summed E-state index contributed by atoms with van der Waals surface area (Å²) < 4.78 is 35.3. The third-order valence-corrected chi connectivity index (χ3v) is 2.60. The normalized spacial score (nSPS) is 13.0. The van der Waals surface area contributed by atoms with Gasteiger partial charge in [0, 0.05) is 12.5 Å². The first-order chi connectivity index (χ1) is 7.43. The topological polar surface area (TPSA) is 93.6 Å². The number of unbranched alkanes of at least 4 members (excludes halogenated alkanes) is 1. The van der Waals surface area contributed by atoms with Crippen molar-refractivity contribution in [2.24, 2.45) is 0 Å². The van der Waals surface area contributed by atoms with Gasteiger partial charge in [-0.3, -0.25) is 4.55 Å². The molecule has 0 amide bonds. The molecule has 0 bridgehead atoms. The van der Waals surface area contributed by atoms with Gasteiger partial charge in [-0.25, -0.2) is 4.74 Å². The minimum absolute atomic E-state index is 0.304. The summed E-state index contributed by atoms with van der Waals surface area (Å²) in [6.45, 7) is 2.30. The molecule has 0 spiro atoms. The lowest BCUT2D eigenvalue weighted by atomic mass is 10.3. The average molecular weight is 247 g/mol. The van der Waals surface area contributed by atoms with Crippen LogP contribution in [0, 0.1) is 5.21 Å². The summed E-state index contributed by atoms with van der Waals surface area (Å²) in [7, 11) is -4.34. The zero-order valence-electron chi connectivity index (χ0n) is 8.79. The van der Waals surface area contributed by atoms with Gasteiger partial charge in [-0.2, -0.15) is 8.42 Å². The van der Waals surface area contributed by atoms with E-state index in [-0.39, 0.29) is 0 Å². The quantitative estimate of drug-likeness (QED) is 0.278. The van der Waals surface area contributed by atoms with E-state index in [2.05, 4.69) is 4.42 Å². The Balaban J connectivity index is 2.79. The predicted molar refractivity (Wildman–Crippen MR) is 57.1 cm³/mol. The molecule has 16 heavy (non-hydrogen) atoms. The molecule has 0 radical (unpaired) electrons. The minimum atomic E-state index is -4.34. The van der Waals surface area contributed by atoms with Crippen molar-refractivity contribution >= 4 is 16.3 Å². The maximum absolute atomic E-state index is 11.2. The van der Waals surface area contributed by atoms with Crippen LogP contribution in [0.2, 0.25) is 0 Å². The first-order valence-electron chi connectivity index (χ1n) is 4.78. The number of hydrogen-bond acceptors (Lipinski definition) is 4. The Hall–Kier alpha value is -1.34. The van der Waals surface area contributed by atoms with E-state index in [1.54, 1.807) is 0 Å².